The summed E-state index contributed by atoms with van der Waals surface area (Å²) in [4.78, 5) is 0. The van der Waals surface area contributed by atoms with E-state index in [2.05, 4.69) is 27.7 Å². The molecule has 2 atom stereocenters. The van der Waals surface area contributed by atoms with Crippen LogP contribution in [0.5, 0.6) is 0 Å². The summed E-state index contributed by atoms with van der Waals surface area (Å²) in [5.74, 6) is 0. The molecule has 1 N–H and O–H groups in total. The maximum Gasteiger partial charge on any atom is 0.0678 e. The Morgan fingerprint density at radius 2 is 1.77 bits per heavy atom. The van der Waals surface area contributed by atoms with Gasteiger partial charge in [-0.05, 0) is 31.6 Å². The second-order valence-corrected chi connectivity index (χ2v) is 5.70. The fourth-order valence-corrected chi connectivity index (χ4v) is 2.79. The van der Waals surface area contributed by atoms with Crippen molar-refractivity contribution in [3.05, 3.63) is 0 Å². The van der Waals surface area contributed by atoms with Crippen LogP contribution >= 0.6 is 0 Å². The van der Waals surface area contributed by atoms with Gasteiger partial charge in [0.1, 0.15) is 0 Å². The lowest BCUT2D eigenvalue weighted by Crippen LogP contribution is -2.48. The molecule has 0 heterocycles. The van der Waals surface area contributed by atoms with Crippen LogP contribution in [0.25, 0.3) is 0 Å². The minimum Gasteiger partial charge on any atom is -0.390 e. The Balaban J connectivity index is 2.99. The molecule has 0 saturated heterocycles. The zero-order valence-electron chi connectivity index (χ0n) is 9.78. The van der Waals surface area contributed by atoms with Gasteiger partial charge in [0.05, 0.1) is 5.60 Å². The van der Waals surface area contributed by atoms with E-state index in [0.717, 1.165) is 12.8 Å². The Labute approximate surface area is 82.5 Å². The molecule has 1 aliphatic rings. The van der Waals surface area contributed by atoms with Crippen molar-refractivity contribution in [1.29, 1.82) is 0 Å². The molecule has 1 aliphatic carbocycles. The minimum absolute atomic E-state index is 0.0920. The first-order valence-corrected chi connectivity index (χ1v) is 5.49. The largest absolute Gasteiger partial charge is 0.390 e. The van der Waals surface area contributed by atoms with Crippen LogP contribution < -0.4 is 0 Å². The summed E-state index contributed by atoms with van der Waals surface area (Å²) < 4.78 is 0. The van der Waals surface area contributed by atoms with E-state index in [-0.39, 0.29) is 10.8 Å². The Morgan fingerprint density at radius 1 is 1.23 bits per heavy atom. The average molecular weight is 184 g/mol. The molecule has 1 fully saturated rings. The third-order valence-electron chi connectivity index (χ3n) is 4.91. The van der Waals surface area contributed by atoms with Crippen molar-refractivity contribution >= 4 is 0 Å². The summed E-state index contributed by atoms with van der Waals surface area (Å²) in [6.45, 7) is 11.1. The molecule has 0 bridgehead atoms. The summed E-state index contributed by atoms with van der Waals surface area (Å²) in [6, 6.07) is 0. The van der Waals surface area contributed by atoms with Gasteiger partial charge in [-0.2, -0.15) is 0 Å². The summed E-state index contributed by atoms with van der Waals surface area (Å²) in [5, 5.41) is 10.4. The van der Waals surface area contributed by atoms with E-state index in [1.165, 1.54) is 12.8 Å². The van der Waals surface area contributed by atoms with Crippen molar-refractivity contribution in [2.45, 2.75) is 65.9 Å². The molecule has 1 saturated carbocycles. The molecule has 0 spiro atoms. The quantitative estimate of drug-likeness (QED) is 0.697. The first kappa shape index (κ1) is 11.0. The number of aliphatic hydroxyl groups is 1. The van der Waals surface area contributed by atoms with Crippen molar-refractivity contribution in [3.63, 3.8) is 0 Å². The maximum absolute atomic E-state index is 10.4. The standard InChI is InChI=1S/C12H24O/c1-6-10(2,3)11(4)8-7-9-12(11,5)13/h13H,6-9H2,1-5H3. The van der Waals surface area contributed by atoms with Crippen molar-refractivity contribution in [2.75, 3.05) is 0 Å². The maximum atomic E-state index is 10.4. The summed E-state index contributed by atoms with van der Waals surface area (Å²) in [6.07, 6.45) is 4.44. The highest BCUT2D eigenvalue weighted by atomic mass is 16.3. The molecule has 1 rings (SSSR count). The molecule has 2 unspecified atom stereocenters. The second-order valence-electron chi connectivity index (χ2n) is 5.70. The highest BCUT2D eigenvalue weighted by Crippen LogP contribution is 2.57. The predicted octanol–water partition coefficient (Wildman–Crippen LogP) is 3.36. The van der Waals surface area contributed by atoms with Crippen molar-refractivity contribution in [3.8, 4) is 0 Å². The molecule has 0 aliphatic heterocycles. The van der Waals surface area contributed by atoms with Gasteiger partial charge in [-0.3, -0.25) is 0 Å². The Morgan fingerprint density at radius 3 is 2.08 bits per heavy atom. The number of hydrogen-bond donors (Lipinski definition) is 1. The molecule has 0 aromatic heterocycles. The van der Waals surface area contributed by atoms with Gasteiger partial charge in [0.2, 0.25) is 0 Å². The lowest BCUT2D eigenvalue weighted by Gasteiger charge is -2.49. The van der Waals surface area contributed by atoms with Crippen molar-refractivity contribution in [1.82, 2.24) is 0 Å². The Bertz CT molecular complexity index is 193. The summed E-state index contributed by atoms with van der Waals surface area (Å²) >= 11 is 0. The molecule has 0 aromatic rings. The fraction of sp³-hybridized carbons (Fsp3) is 1.00. The van der Waals surface area contributed by atoms with E-state index in [1.54, 1.807) is 0 Å². The van der Waals surface area contributed by atoms with Crippen LogP contribution in [0.1, 0.15) is 60.3 Å². The van der Waals surface area contributed by atoms with E-state index in [9.17, 15) is 5.11 Å². The van der Waals surface area contributed by atoms with Gasteiger partial charge in [0, 0.05) is 5.41 Å². The van der Waals surface area contributed by atoms with Crippen LogP contribution in [0.3, 0.4) is 0 Å². The van der Waals surface area contributed by atoms with Gasteiger partial charge in [0.15, 0.2) is 0 Å². The molecule has 0 amide bonds. The van der Waals surface area contributed by atoms with Crippen molar-refractivity contribution < 1.29 is 5.11 Å². The molecule has 1 heteroatoms. The van der Waals surface area contributed by atoms with E-state index in [0.29, 0.717) is 0 Å². The van der Waals surface area contributed by atoms with Crippen LogP contribution in [0, 0.1) is 10.8 Å². The minimum atomic E-state index is -0.466. The molecular formula is C12H24O. The number of rotatable bonds is 2. The lowest BCUT2D eigenvalue weighted by molar-refractivity contribution is -0.102. The van der Waals surface area contributed by atoms with Gasteiger partial charge in [-0.15, -0.1) is 0 Å². The van der Waals surface area contributed by atoms with Gasteiger partial charge in [0.25, 0.3) is 0 Å². The van der Waals surface area contributed by atoms with Gasteiger partial charge < -0.3 is 5.11 Å². The smallest absolute Gasteiger partial charge is 0.0678 e. The third kappa shape index (κ3) is 1.41. The molecule has 0 radical (unpaired) electrons. The van der Waals surface area contributed by atoms with Gasteiger partial charge in [-0.25, -0.2) is 0 Å². The summed E-state index contributed by atoms with van der Waals surface area (Å²) in [7, 11) is 0. The van der Waals surface area contributed by atoms with E-state index >= 15 is 0 Å². The van der Waals surface area contributed by atoms with E-state index in [4.69, 9.17) is 0 Å². The zero-order chi connectivity index (χ0) is 10.3. The Hall–Kier alpha value is -0.0400. The SMILES string of the molecule is CCC(C)(C)C1(C)CCCC1(C)O. The fourth-order valence-electron chi connectivity index (χ4n) is 2.79. The topological polar surface area (TPSA) is 20.2 Å². The van der Waals surface area contributed by atoms with Crippen molar-refractivity contribution in [2.24, 2.45) is 10.8 Å². The van der Waals surface area contributed by atoms with Crippen LogP contribution in [-0.2, 0) is 0 Å². The third-order valence-corrected chi connectivity index (χ3v) is 4.91. The molecular weight excluding hydrogens is 160 g/mol. The first-order valence-electron chi connectivity index (χ1n) is 5.49. The van der Waals surface area contributed by atoms with Crippen LogP contribution in [0.2, 0.25) is 0 Å². The monoisotopic (exact) mass is 184 g/mol. The summed E-state index contributed by atoms with van der Waals surface area (Å²) in [5.41, 5.74) is -0.131. The van der Waals surface area contributed by atoms with Gasteiger partial charge in [-0.1, -0.05) is 34.1 Å². The Kier molecular flexibility index (Phi) is 2.53. The van der Waals surface area contributed by atoms with Crippen LogP contribution in [0.4, 0.5) is 0 Å². The second kappa shape index (κ2) is 2.98. The first-order chi connectivity index (χ1) is 5.77. The highest BCUT2D eigenvalue weighted by Gasteiger charge is 2.54. The van der Waals surface area contributed by atoms with Crippen LogP contribution in [0.15, 0.2) is 0 Å². The normalized spacial score (nSPS) is 41.1. The average Bonchev–Trinajstić information content (AvgIpc) is 2.28. The lowest BCUT2D eigenvalue weighted by atomic mass is 9.58. The molecule has 1 nitrogen and oxygen atoms in total. The molecule has 13 heavy (non-hydrogen) atoms. The van der Waals surface area contributed by atoms with E-state index in [1.807, 2.05) is 6.92 Å². The number of hydrogen-bond acceptors (Lipinski definition) is 1. The van der Waals surface area contributed by atoms with Gasteiger partial charge >= 0.3 is 0 Å². The zero-order valence-corrected chi connectivity index (χ0v) is 9.78. The molecule has 0 aromatic carbocycles. The molecule has 78 valence electrons. The van der Waals surface area contributed by atoms with E-state index < -0.39 is 5.60 Å². The predicted molar refractivity (Wildman–Crippen MR) is 56.7 cm³/mol. The highest BCUT2D eigenvalue weighted by molar-refractivity contribution is 5.05. The van der Waals surface area contributed by atoms with Crippen LogP contribution in [-0.4, -0.2) is 10.7 Å².